The van der Waals surface area contributed by atoms with Gasteiger partial charge in [0.05, 0.1) is 5.41 Å². The van der Waals surface area contributed by atoms with E-state index in [9.17, 15) is 9.59 Å². The van der Waals surface area contributed by atoms with Gasteiger partial charge >= 0.3 is 6.03 Å². The van der Waals surface area contributed by atoms with E-state index in [2.05, 4.69) is 17.4 Å². The zero-order valence-corrected chi connectivity index (χ0v) is 15.4. The first-order valence-corrected chi connectivity index (χ1v) is 9.62. The Kier molecular flexibility index (Phi) is 4.84. The van der Waals surface area contributed by atoms with Crippen molar-refractivity contribution in [2.45, 2.75) is 19.3 Å². The molecule has 0 atom stereocenters. The number of urea groups is 1. The molecule has 0 aliphatic carbocycles. The molecule has 5 heteroatoms. The van der Waals surface area contributed by atoms with Crippen LogP contribution in [-0.2, 0) is 11.2 Å². The van der Waals surface area contributed by atoms with E-state index in [0.29, 0.717) is 19.6 Å². The maximum atomic E-state index is 12.8. The second kappa shape index (κ2) is 7.43. The van der Waals surface area contributed by atoms with Crippen molar-refractivity contribution >= 4 is 17.6 Å². The number of carbonyl (C=O) groups is 2. The van der Waals surface area contributed by atoms with Crippen LogP contribution in [0.25, 0.3) is 0 Å². The van der Waals surface area contributed by atoms with Crippen molar-refractivity contribution in [3.63, 3.8) is 0 Å². The highest BCUT2D eigenvalue weighted by Crippen LogP contribution is 2.43. The first kappa shape index (κ1) is 17.6. The summed E-state index contributed by atoms with van der Waals surface area (Å²) < 4.78 is 0. The average Bonchev–Trinajstić information content (AvgIpc) is 2.73. The van der Waals surface area contributed by atoms with Crippen molar-refractivity contribution in [3.05, 3.63) is 66.2 Å². The smallest absolute Gasteiger partial charge is 0.317 e. The maximum Gasteiger partial charge on any atom is 0.317 e. The third-order valence-electron chi connectivity index (χ3n) is 5.77. The molecule has 140 valence electrons. The van der Waals surface area contributed by atoms with E-state index < -0.39 is 0 Å². The molecule has 2 heterocycles. The third kappa shape index (κ3) is 3.54. The molecule has 27 heavy (non-hydrogen) atoms. The molecule has 2 aliphatic rings. The summed E-state index contributed by atoms with van der Waals surface area (Å²) in [7, 11) is 0. The molecule has 5 nitrogen and oxygen atoms in total. The zero-order valence-electron chi connectivity index (χ0n) is 15.4. The number of piperidine rings is 1. The summed E-state index contributed by atoms with van der Waals surface area (Å²) in [5.41, 5.74) is 1.92. The Morgan fingerprint density at radius 2 is 1.59 bits per heavy atom. The lowest BCUT2D eigenvalue weighted by atomic mass is 9.71. The molecule has 0 aromatic heterocycles. The summed E-state index contributed by atoms with van der Waals surface area (Å²) in [6, 6.07) is 19.9. The van der Waals surface area contributed by atoms with Crippen LogP contribution in [0.3, 0.4) is 0 Å². The summed E-state index contributed by atoms with van der Waals surface area (Å²) in [6.07, 6.45) is 2.33. The number of amides is 3. The van der Waals surface area contributed by atoms with E-state index in [4.69, 9.17) is 0 Å². The van der Waals surface area contributed by atoms with Crippen molar-refractivity contribution in [1.82, 2.24) is 10.2 Å². The van der Waals surface area contributed by atoms with Gasteiger partial charge in [0.25, 0.3) is 0 Å². The average molecular weight is 363 g/mol. The number of nitrogens with one attached hydrogen (secondary N) is 1. The van der Waals surface area contributed by atoms with Crippen LogP contribution < -0.4 is 10.2 Å². The molecule has 1 N–H and O–H groups in total. The maximum absolute atomic E-state index is 12.8. The number of nitrogens with zero attached hydrogens (tertiary/aromatic N) is 2. The number of hydrogen-bond acceptors (Lipinski definition) is 2. The fraction of sp³-hybridized carbons (Fsp3) is 0.364. The number of likely N-dealkylation sites (tertiary alicyclic amines) is 1. The van der Waals surface area contributed by atoms with Crippen LogP contribution in [0.1, 0.15) is 18.4 Å². The van der Waals surface area contributed by atoms with Gasteiger partial charge < -0.3 is 15.1 Å². The van der Waals surface area contributed by atoms with Gasteiger partial charge in [-0.3, -0.25) is 4.79 Å². The Hall–Kier alpha value is -2.82. The van der Waals surface area contributed by atoms with E-state index >= 15 is 0 Å². The van der Waals surface area contributed by atoms with Gasteiger partial charge in [0.1, 0.15) is 0 Å². The second-order valence-corrected chi connectivity index (χ2v) is 7.46. The van der Waals surface area contributed by atoms with E-state index in [1.807, 2.05) is 58.3 Å². The van der Waals surface area contributed by atoms with Crippen LogP contribution in [-0.4, -0.2) is 43.0 Å². The van der Waals surface area contributed by atoms with Gasteiger partial charge in [-0.15, -0.1) is 0 Å². The lowest BCUT2D eigenvalue weighted by molar-refractivity contribution is -0.138. The van der Waals surface area contributed by atoms with Gasteiger partial charge in [-0.25, -0.2) is 4.79 Å². The molecule has 1 spiro atoms. The summed E-state index contributed by atoms with van der Waals surface area (Å²) in [5, 5.41) is 3.00. The Morgan fingerprint density at radius 1 is 0.963 bits per heavy atom. The topological polar surface area (TPSA) is 52.7 Å². The Bertz CT molecular complexity index is 799. The molecule has 4 rings (SSSR count). The lowest BCUT2D eigenvalue weighted by Gasteiger charge is -2.52. The molecule has 0 unspecified atom stereocenters. The van der Waals surface area contributed by atoms with E-state index in [-0.39, 0.29) is 17.4 Å². The zero-order chi connectivity index (χ0) is 18.7. The minimum atomic E-state index is -0.267. The van der Waals surface area contributed by atoms with Gasteiger partial charge in [0.15, 0.2) is 0 Å². The predicted octanol–water partition coefficient (Wildman–Crippen LogP) is 3.07. The first-order valence-electron chi connectivity index (χ1n) is 9.62. The summed E-state index contributed by atoms with van der Waals surface area (Å²) in [4.78, 5) is 28.8. The van der Waals surface area contributed by atoms with Gasteiger partial charge in [-0.2, -0.15) is 0 Å². The molecule has 2 aromatic carbocycles. The van der Waals surface area contributed by atoms with Crippen LogP contribution in [0.2, 0.25) is 0 Å². The number of anilines is 1. The molecule has 3 amide bonds. The number of β-lactam (4-membered cyclic amide) rings is 1. The largest absolute Gasteiger partial charge is 0.338 e. The molecule has 0 radical (unpaired) electrons. The molecule has 0 bridgehead atoms. The molecular weight excluding hydrogens is 338 g/mol. The van der Waals surface area contributed by atoms with Gasteiger partial charge in [-0.05, 0) is 37.0 Å². The second-order valence-electron chi connectivity index (χ2n) is 7.46. The standard InChI is InChI=1S/C22H25N3O2/c26-20-22(17-25(20)19-9-5-2-6-10-19)12-15-24(16-13-22)21(27)23-14-11-18-7-3-1-4-8-18/h1-10H,11-17H2,(H,23,27). The van der Waals surface area contributed by atoms with Crippen molar-refractivity contribution < 1.29 is 9.59 Å². The SMILES string of the molecule is O=C(NCCc1ccccc1)N1CCC2(CC1)CN(c1ccccc1)C2=O. The fourth-order valence-electron chi connectivity index (χ4n) is 4.03. The Balaban J connectivity index is 1.24. The number of rotatable bonds is 4. The van der Waals surface area contributed by atoms with Crippen LogP contribution in [0.4, 0.5) is 10.5 Å². The number of benzene rings is 2. The summed E-state index contributed by atoms with van der Waals surface area (Å²) >= 11 is 0. The first-order chi connectivity index (χ1) is 13.2. The van der Waals surface area contributed by atoms with Crippen molar-refractivity contribution in [2.75, 3.05) is 31.1 Å². The minimum Gasteiger partial charge on any atom is -0.338 e. The molecule has 2 fully saturated rings. The highest BCUT2D eigenvalue weighted by atomic mass is 16.2. The van der Waals surface area contributed by atoms with Gasteiger partial charge in [0, 0.05) is 31.9 Å². The van der Waals surface area contributed by atoms with E-state index in [1.165, 1.54) is 5.56 Å². The van der Waals surface area contributed by atoms with Gasteiger partial charge in [0.2, 0.25) is 5.91 Å². The van der Waals surface area contributed by atoms with Gasteiger partial charge in [-0.1, -0.05) is 48.5 Å². The Morgan fingerprint density at radius 3 is 2.22 bits per heavy atom. The van der Waals surface area contributed by atoms with Crippen molar-refractivity contribution in [2.24, 2.45) is 5.41 Å². The molecule has 2 saturated heterocycles. The van der Waals surface area contributed by atoms with Crippen LogP contribution in [0.5, 0.6) is 0 Å². The fourth-order valence-corrected chi connectivity index (χ4v) is 4.03. The normalized spacial score (nSPS) is 18.3. The highest BCUT2D eigenvalue weighted by Gasteiger charge is 2.53. The number of para-hydroxylation sites is 1. The lowest BCUT2D eigenvalue weighted by Crippen LogP contribution is -2.65. The highest BCUT2D eigenvalue weighted by molar-refractivity contribution is 6.04. The van der Waals surface area contributed by atoms with Crippen molar-refractivity contribution in [1.29, 1.82) is 0 Å². The number of hydrogen-bond donors (Lipinski definition) is 1. The summed E-state index contributed by atoms with van der Waals surface area (Å²) in [5.74, 6) is 0.206. The monoisotopic (exact) mass is 363 g/mol. The van der Waals surface area contributed by atoms with E-state index in [0.717, 1.165) is 31.5 Å². The molecular formula is C22H25N3O2. The molecule has 0 saturated carbocycles. The van der Waals surface area contributed by atoms with E-state index in [1.54, 1.807) is 0 Å². The Labute approximate surface area is 160 Å². The quantitative estimate of drug-likeness (QED) is 0.849. The van der Waals surface area contributed by atoms with Crippen molar-refractivity contribution in [3.8, 4) is 0 Å². The predicted molar refractivity (Wildman–Crippen MR) is 106 cm³/mol. The third-order valence-corrected chi connectivity index (χ3v) is 5.77. The number of carbonyl (C=O) groups excluding carboxylic acids is 2. The summed E-state index contributed by atoms with van der Waals surface area (Å²) in [6.45, 7) is 2.68. The van der Waals surface area contributed by atoms with Crippen LogP contribution in [0, 0.1) is 5.41 Å². The minimum absolute atomic E-state index is 0.0209. The van der Waals surface area contributed by atoms with Crippen LogP contribution in [0.15, 0.2) is 60.7 Å². The van der Waals surface area contributed by atoms with Crippen LogP contribution >= 0.6 is 0 Å². The molecule has 2 aliphatic heterocycles. The molecule has 2 aromatic rings.